The first-order valence-corrected chi connectivity index (χ1v) is 3.58. The fourth-order valence-electron chi connectivity index (χ4n) is 0.879. The molecule has 0 bridgehead atoms. The summed E-state index contributed by atoms with van der Waals surface area (Å²) in [5, 5.41) is 14.4. The Balaban J connectivity index is 3.02. The molecule has 5 heteroatoms. The molecule has 0 saturated heterocycles. The van der Waals surface area contributed by atoms with Crippen molar-refractivity contribution < 1.29 is 5.21 Å². The minimum atomic E-state index is 0.552. The zero-order chi connectivity index (χ0) is 8.97. The summed E-state index contributed by atoms with van der Waals surface area (Å²) in [4.78, 5) is 4.14. The van der Waals surface area contributed by atoms with E-state index in [0.29, 0.717) is 11.5 Å². The van der Waals surface area contributed by atoms with Crippen molar-refractivity contribution in [3.05, 3.63) is 12.1 Å². The molecule has 0 saturated carbocycles. The lowest BCUT2D eigenvalue weighted by molar-refractivity contribution is 0.389. The summed E-state index contributed by atoms with van der Waals surface area (Å²) in [5.74, 6) is 1.35. The van der Waals surface area contributed by atoms with E-state index in [9.17, 15) is 0 Å². The van der Waals surface area contributed by atoms with Crippen LogP contribution in [0.2, 0.25) is 0 Å². The van der Waals surface area contributed by atoms with Crippen LogP contribution in [0, 0.1) is 0 Å². The molecule has 66 valence electrons. The summed E-state index contributed by atoms with van der Waals surface area (Å²) in [6.45, 7) is 0. The van der Waals surface area contributed by atoms with Gasteiger partial charge in [0.15, 0.2) is 5.82 Å². The van der Waals surface area contributed by atoms with Crippen molar-refractivity contribution in [2.75, 3.05) is 30.2 Å². The molecule has 0 aliphatic carbocycles. The number of anilines is 3. The minimum absolute atomic E-state index is 0.552. The van der Waals surface area contributed by atoms with E-state index in [2.05, 4.69) is 15.6 Å². The largest absolute Gasteiger partial charge is 0.373 e. The van der Waals surface area contributed by atoms with Crippen LogP contribution in [0.15, 0.2) is 12.1 Å². The maximum absolute atomic E-state index is 8.66. The van der Waals surface area contributed by atoms with Gasteiger partial charge in [0.05, 0.1) is 0 Å². The van der Waals surface area contributed by atoms with Crippen molar-refractivity contribution in [3.63, 3.8) is 0 Å². The number of rotatable bonds is 3. The lowest BCUT2D eigenvalue weighted by atomic mass is 10.4. The predicted molar refractivity (Wildman–Crippen MR) is 48.7 cm³/mol. The third-order valence-corrected chi connectivity index (χ3v) is 1.51. The van der Waals surface area contributed by atoms with Crippen molar-refractivity contribution in [2.45, 2.75) is 0 Å². The van der Waals surface area contributed by atoms with E-state index in [4.69, 9.17) is 5.21 Å². The molecule has 5 nitrogen and oxygen atoms in total. The van der Waals surface area contributed by atoms with Crippen molar-refractivity contribution in [3.8, 4) is 0 Å². The Morgan fingerprint density at radius 3 is 2.50 bits per heavy atom. The van der Waals surface area contributed by atoms with E-state index < -0.39 is 0 Å². The highest BCUT2D eigenvalue weighted by Gasteiger charge is 2.01. The average Bonchev–Trinajstić information content (AvgIpc) is 2.16. The van der Waals surface area contributed by atoms with Crippen molar-refractivity contribution in [2.24, 2.45) is 0 Å². The molecule has 0 radical (unpaired) electrons. The molecule has 1 rings (SSSR count). The molecule has 12 heavy (non-hydrogen) atoms. The van der Waals surface area contributed by atoms with Gasteiger partial charge in [-0.25, -0.2) is 4.98 Å². The Kier molecular flexibility index (Phi) is 2.71. The quantitative estimate of drug-likeness (QED) is 0.506. The summed E-state index contributed by atoms with van der Waals surface area (Å²) in [6, 6.07) is 3.49. The van der Waals surface area contributed by atoms with Crippen LogP contribution < -0.4 is 16.1 Å². The van der Waals surface area contributed by atoms with Gasteiger partial charge in [0, 0.05) is 14.1 Å². The number of pyridine rings is 1. The van der Waals surface area contributed by atoms with Crippen LogP contribution in [0.4, 0.5) is 17.3 Å². The van der Waals surface area contributed by atoms with Crippen molar-refractivity contribution in [1.29, 1.82) is 0 Å². The zero-order valence-corrected chi connectivity index (χ0v) is 7.05. The van der Waals surface area contributed by atoms with Crippen LogP contribution >= 0.6 is 0 Å². The van der Waals surface area contributed by atoms with Crippen LogP contribution in [0.3, 0.4) is 0 Å². The molecule has 0 atom stereocenters. The third kappa shape index (κ3) is 1.57. The summed E-state index contributed by atoms with van der Waals surface area (Å²) < 4.78 is 0. The van der Waals surface area contributed by atoms with Gasteiger partial charge in [-0.2, -0.15) is 0 Å². The van der Waals surface area contributed by atoms with Gasteiger partial charge in [0.2, 0.25) is 0 Å². The fourth-order valence-corrected chi connectivity index (χ4v) is 0.879. The lowest BCUT2D eigenvalue weighted by Gasteiger charge is -2.07. The smallest absolute Gasteiger partial charge is 0.153 e. The van der Waals surface area contributed by atoms with Crippen LogP contribution in [0.5, 0.6) is 0 Å². The molecule has 0 fully saturated rings. The first-order valence-electron chi connectivity index (χ1n) is 3.58. The maximum Gasteiger partial charge on any atom is 0.153 e. The SMILES string of the molecule is CNc1ccc(NO)c(NC)n1. The Bertz CT molecular complexity index is 264. The van der Waals surface area contributed by atoms with Crippen molar-refractivity contribution >= 4 is 17.3 Å². The van der Waals surface area contributed by atoms with Crippen molar-refractivity contribution in [1.82, 2.24) is 4.98 Å². The molecule has 4 N–H and O–H groups in total. The van der Waals surface area contributed by atoms with Gasteiger partial charge in [-0.3, -0.25) is 10.7 Å². The van der Waals surface area contributed by atoms with Crippen LogP contribution in [-0.2, 0) is 0 Å². The second kappa shape index (κ2) is 3.77. The number of nitrogens with zero attached hydrogens (tertiary/aromatic N) is 1. The number of hydrogen-bond donors (Lipinski definition) is 4. The van der Waals surface area contributed by atoms with Crippen LogP contribution in [-0.4, -0.2) is 24.3 Å². The van der Waals surface area contributed by atoms with Gasteiger partial charge in [-0.1, -0.05) is 0 Å². The van der Waals surface area contributed by atoms with Gasteiger partial charge in [0.1, 0.15) is 11.5 Å². The molecule has 0 aliphatic heterocycles. The first kappa shape index (κ1) is 8.61. The standard InChI is InChI=1S/C7H12N4O/c1-8-6-4-3-5(11-12)7(9-2)10-6/h3-4,11-12H,1-2H3,(H2,8,9,10). The Labute approximate surface area is 70.8 Å². The topological polar surface area (TPSA) is 69.2 Å². The van der Waals surface area contributed by atoms with E-state index in [0.717, 1.165) is 5.82 Å². The van der Waals surface area contributed by atoms with Crippen LogP contribution in [0.25, 0.3) is 0 Å². The molecule has 0 aliphatic rings. The summed E-state index contributed by atoms with van der Waals surface area (Å²) in [7, 11) is 3.52. The minimum Gasteiger partial charge on any atom is -0.373 e. The van der Waals surface area contributed by atoms with Gasteiger partial charge < -0.3 is 10.6 Å². The normalized spacial score (nSPS) is 9.25. The van der Waals surface area contributed by atoms with E-state index >= 15 is 0 Å². The average molecular weight is 168 g/mol. The fraction of sp³-hybridized carbons (Fsp3) is 0.286. The highest BCUT2D eigenvalue weighted by atomic mass is 16.5. The summed E-state index contributed by atoms with van der Waals surface area (Å²) in [6.07, 6.45) is 0. The predicted octanol–water partition coefficient (Wildman–Crippen LogP) is 0.966. The van der Waals surface area contributed by atoms with Gasteiger partial charge in [-0.05, 0) is 12.1 Å². The Morgan fingerprint density at radius 2 is 2.00 bits per heavy atom. The van der Waals surface area contributed by atoms with Crippen LogP contribution in [0.1, 0.15) is 0 Å². The molecule has 1 aromatic rings. The molecule has 1 aromatic heterocycles. The molecule has 0 spiro atoms. The molecule has 0 unspecified atom stereocenters. The lowest BCUT2D eigenvalue weighted by Crippen LogP contribution is -2.02. The molecule has 1 heterocycles. The molecular weight excluding hydrogens is 156 g/mol. The highest BCUT2D eigenvalue weighted by Crippen LogP contribution is 2.19. The second-order valence-corrected chi connectivity index (χ2v) is 2.20. The summed E-state index contributed by atoms with van der Waals surface area (Å²) >= 11 is 0. The van der Waals surface area contributed by atoms with Gasteiger partial charge in [-0.15, -0.1) is 0 Å². The van der Waals surface area contributed by atoms with Gasteiger partial charge in [0.25, 0.3) is 0 Å². The van der Waals surface area contributed by atoms with E-state index in [-0.39, 0.29) is 0 Å². The molecule has 0 amide bonds. The van der Waals surface area contributed by atoms with E-state index in [1.807, 2.05) is 5.48 Å². The zero-order valence-electron chi connectivity index (χ0n) is 7.05. The highest BCUT2D eigenvalue weighted by molar-refractivity contribution is 5.65. The number of aromatic nitrogens is 1. The number of nitrogens with one attached hydrogen (secondary N) is 3. The Hall–Kier alpha value is -1.49. The van der Waals surface area contributed by atoms with E-state index in [1.165, 1.54) is 0 Å². The monoisotopic (exact) mass is 168 g/mol. The van der Waals surface area contributed by atoms with E-state index in [1.54, 1.807) is 26.2 Å². The number of hydrogen-bond acceptors (Lipinski definition) is 5. The molecular formula is C7H12N4O. The Morgan fingerprint density at radius 1 is 1.25 bits per heavy atom. The second-order valence-electron chi connectivity index (χ2n) is 2.20. The third-order valence-electron chi connectivity index (χ3n) is 1.51. The summed E-state index contributed by atoms with van der Waals surface area (Å²) in [5.41, 5.74) is 2.60. The molecule has 0 aromatic carbocycles. The van der Waals surface area contributed by atoms with Gasteiger partial charge >= 0.3 is 0 Å². The maximum atomic E-state index is 8.66. The first-order chi connectivity index (χ1) is 5.81.